The Hall–Kier alpha value is -2.60. The molecular weight excluding hydrogens is 380 g/mol. The van der Waals surface area contributed by atoms with E-state index >= 15 is 0 Å². The fraction of sp³-hybridized carbons (Fsp3) is 0.391. The second-order valence-corrected chi connectivity index (χ2v) is 9.31. The third kappa shape index (κ3) is 3.46. The highest BCUT2D eigenvalue weighted by atomic mass is 32.1. The highest BCUT2D eigenvalue weighted by Crippen LogP contribution is 2.40. The summed E-state index contributed by atoms with van der Waals surface area (Å²) >= 11 is 1.36. The molecule has 1 aromatic carbocycles. The molecule has 5 rings (SSSR count). The molecule has 3 N–H and O–H groups in total. The van der Waals surface area contributed by atoms with Crippen LogP contribution in [0.3, 0.4) is 0 Å². The minimum absolute atomic E-state index is 0.118. The number of hydrogen-bond acceptors (Lipinski definition) is 5. The normalized spacial score (nSPS) is 20.5. The van der Waals surface area contributed by atoms with Gasteiger partial charge in [-0.25, -0.2) is 4.98 Å². The van der Waals surface area contributed by atoms with Gasteiger partial charge in [-0.3, -0.25) is 4.79 Å². The third-order valence-corrected chi connectivity index (χ3v) is 7.43. The number of carbonyl (C=O) groups excluding carboxylic acids is 1. The first-order valence-corrected chi connectivity index (χ1v) is 11.2. The molecule has 1 amide bonds. The number of pyridine rings is 1. The fourth-order valence-corrected chi connectivity index (χ4v) is 5.81. The van der Waals surface area contributed by atoms with Gasteiger partial charge in [0.15, 0.2) is 0 Å². The number of benzene rings is 1. The molecule has 1 aliphatic heterocycles. The smallest absolute Gasteiger partial charge is 0.263 e. The number of nitrogens with one attached hydrogen (secondary N) is 1. The summed E-state index contributed by atoms with van der Waals surface area (Å²) in [6.07, 6.45) is 4.91. The molecule has 2 atom stereocenters. The van der Waals surface area contributed by atoms with Crippen LogP contribution in [-0.4, -0.2) is 30.0 Å². The summed E-state index contributed by atoms with van der Waals surface area (Å²) in [6.45, 7) is 3.74. The van der Waals surface area contributed by atoms with E-state index in [1.807, 2.05) is 19.1 Å². The first-order valence-electron chi connectivity index (χ1n) is 10.4. The van der Waals surface area contributed by atoms with E-state index in [2.05, 4.69) is 39.5 Å². The first kappa shape index (κ1) is 18.4. The fourth-order valence-electron chi connectivity index (χ4n) is 4.75. The Morgan fingerprint density at radius 2 is 2.07 bits per heavy atom. The lowest BCUT2D eigenvalue weighted by molar-refractivity contribution is 0.0959. The summed E-state index contributed by atoms with van der Waals surface area (Å²) < 4.78 is 0. The largest absolute Gasteiger partial charge is 0.397 e. The standard InChI is InChI=1S/C23H26N4OS/c1-14-2-9-19-20(24)21(29-23(19)26-14)22(28)25-11-10-15-3-6-17(7-4-15)27-13-16-5-8-18(27)12-16/h2-4,6-7,9,16,18H,5,8,10-13,24H2,1H3,(H,25,28)/t16-,18+/m1/s1. The Labute approximate surface area is 174 Å². The van der Waals surface area contributed by atoms with E-state index in [9.17, 15) is 4.79 Å². The zero-order valence-electron chi connectivity index (χ0n) is 16.6. The Morgan fingerprint density at radius 1 is 1.24 bits per heavy atom. The van der Waals surface area contributed by atoms with Crippen LogP contribution in [0.25, 0.3) is 10.2 Å². The van der Waals surface area contributed by atoms with Crippen LogP contribution >= 0.6 is 11.3 Å². The minimum Gasteiger partial charge on any atom is -0.397 e. The number of aryl methyl sites for hydroxylation is 1. The van der Waals surface area contributed by atoms with Gasteiger partial charge in [0.1, 0.15) is 9.71 Å². The van der Waals surface area contributed by atoms with E-state index in [-0.39, 0.29) is 5.91 Å². The van der Waals surface area contributed by atoms with Crippen molar-refractivity contribution in [1.29, 1.82) is 0 Å². The van der Waals surface area contributed by atoms with E-state index in [4.69, 9.17) is 5.73 Å². The van der Waals surface area contributed by atoms with Crippen LogP contribution in [0.2, 0.25) is 0 Å². The summed E-state index contributed by atoms with van der Waals surface area (Å²) in [7, 11) is 0. The van der Waals surface area contributed by atoms with E-state index in [1.54, 1.807) is 0 Å². The highest BCUT2D eigenvalue weighted by Gasteiger charge is 2.37. The number of thiophene rings is 1. The maximum absolute atomic E-state index is 12.6. The number of nitrogens with two attached hydrogens (primary N) is 1. The maximum atomic E-state index is 12.6. The second-order valence-electron chi connectivity index (χ2n) is 8.31. The quantitative estimate of drug-likeness (QED) is 0.668. The summed E-state index contributed by atoms with van der Waals surface area (Å²) in [5, 5.41) is 3.87. The molecule has 1 saturated carbocycles. The molecule has 150 valence electrons. The van der Waals surface area contributed by atoms with Crippen LogP contribution < -0.4 is 16.0 Å². The van der Waals surface area contributed by atoms with Gasteiger partial charge >= 0.3 is 0 Å². The molecule has 3 aromatic rings. The van der Waals surface area contributed by atoms with Gasteiger partial charge in [0.2, 0.25) is 0 Å². The predicted molar refractivity (Wildman–Crippen MR) is 120 cm³/mol. The number of carbonyl (C=O) groups is 1. The number of fused-ring (bicyclic) bond motifs is 3. The van der Waals surface area contributed by atoms with Gasteiger partial charge in [0, 0.05) is 35.9 Å². The number of nitrogens with zero attached hydrogens (tertiary/aromatic N) is 2. The Balaban J connectivity index is 1.19. The molecule has 2 aliphatic rings. The monoisotopic (exact) mass is 406 g/mol. The lowest BCUT2D eigenvalue weighted by Gasteiger charge is -2.29. The molecule has 3 heterocycles. The molecule has 0 radical (unpaired) electrons. The molecule has 2 aromatic heterocycles. The Kier molecular flexibility index (Phi) is 4.66. The van der Waals surface area contributed by atoms with Crippen molar-refractivity contribution in [3.8, 4) is 0 Å². The summed E-state index contributed by atoms with van der Waals surface area (Å²) in [5.41, 5.74) is 10.2. The zero-order valence-corrected chi connectivity index (χ0v) is 17.5. The van der Waals surface area contributed by atoms with Crippen LogP contribution in [0.1, 0.15) is 40.2 Å². The highest BCUT2D eigenvalue weighted by molar-refractivity contribution is 7.21. The van der Waals surface area contributed by atoms with E-state index in [1.165, 1.54) is 48.4 Å². The summed E-state index contributed by atoms with van der Waals surface area (Å²) in [5.74, 6) is 0.781. The predicted octanol–water partition coefficient (Wildman–Crippen LogP) is 4.15. The van der Waals surface area contributed by atoms with Crippen molar-refractivity contribution < 1.29 is 4.79 Å². The van der Waals surface area contributed by atoms with Gasteiger partial charge in [-0.2, -0.15) is 0 Å². The average molecular weight is 407 g/mol. The number of aromatic nitrogens is 1. The van der Waals surface area contributed by atoms with Gasteiger partial charge in [-0.1, -0.05) is 12.1 Å². The average Bonchev–Trinajstić information content (AvgIpc) is 3.43. The molecule has 2 bridgehead atoms. The van der Waals surface area contributed by atoms with E-state index in [0.717, 1.165) is 34.3 Å². The van der Waals surface area contributed by atoms with Crippen LogP contribution in [0.15, 0.2) is 36.4 Å². The summed E-state index contributed by atoms with van der Waals surface area (Å²) in [6, 6.07) is 13.4. The van der Waals surface area contributed by atoms with Crippen LogP contribution in [0.5, 0.6) is 0 Å². The molecule has 6 heteroatoms. The first-order chi connectivity index (χ1) is 14.1. The number of anilines is 2. The van der Waals surface area contributed by atoms with Gasteiger partial charge in [-0.15, -0.1) is 11.3 Å². The number of amides is 1. The van der Waals surface area contributed by atoms with Crippen LogP contribution in [-0.2, 0) is 6.42 Å². The van der Waals surface area contributed by atoms with Crippen molar-refractivity contribution in [3.63, 3.8) is 0 Å². The van der Waals surface area contributed by atoms with Crippen LogP contribution in [0, 0.1) is 12.8 Å². The van der Waals surface area contributed by atoms with E-state index < -0.39 is 0 Å². The van der Waals surface area contributed by atoms with Crippen molar-refractivity contribution in [2.75, 3.05) is 23.7 Å². The number of nitrogen functional groups attached to an aromatic ring is 1. The molecule has 2 fully saturated rings. The zero-order chi connectivity index (χ0) is 20.0. The number of rotatable bonds is 5. The van der Waals surface area contributed by atoms with Crippen molar-refractivity contribution >= 4 is 38.8 Å². The topological polar surface area (TPSA) is 71.2 Å². The Morgan fingerprint density at radius 3 is 2.79 bits per heavy atom. The third-order valence-electron chi connectivity index (χ3n) is 6.32. The molecule has 1 aliphatic carbocycles. The molecular formula is C23H26N4OS. The molecule has 0 unspecified atom stereocenters. The van der Waals surface area contributed by atoms with E-state index in [0.29, 0.717) is 17.1 Å². The van der Waals surface area contributed by atoms with Crippen molar-refractivity contribution in [2.24, 2.45) is 5.92 Å². The lowest BCUT2D eigenvalue weighted by atomic mass is 10.1. The number of hydrogen-bond donors (Lipinski definition) is 2. The van der Waals surface area contributed by atoms with Crippen LogP contribution in [0.4, 0.5) is 11.4 Å². The molecule has 0 spiro atoms. The minimum atomic E-state index is -0.118. The van der Waals surface area contributed by atoms with Gasteiger partial charge in [-0.05, 0) is 68.4 Å². The lowest BCUT2D eigenvalue weighted by Crippen LogP contribution is -2.31. The molecule has 1 saturated heterocycles. The van der Waals surface area contributed by atoms with Gasteiger partial charge in [0.25, 0.3) is 5.91 Å². The number of piperidine rings is 1. The Bertz CT molecular complexity index is 1060. The molecule has 5 nitrogen and oxygen atoms in total. The second kappa shape index (κ2) is 7.34. The van der Waals surface area contributed by atoms with Gasteiger partial charge < -0.3 is 16.0 Å². The maximum Gasteiger partial charge on any atom is 0.263 e. The van der Waals surface area contributed by atoms with Crippen molar-refractivity contribution in [2.45, 2.75) is 38.6 Å². The summed E-state index contributed by atoms with van der Waals surface area (Å²) in [4.78, 5) is 21.0. The SMILES string of the molecule is Cc1ccc2c(N)c(C(=O)NCCc3ccc(N4C[C@@H]5CC[C@H]4C5)cc3)sc2n1. The van der Waals surface area contributed by atoms with Gasteiger partial charge in [0.05, 0.1) is 5.69 Å². The molecule has 29 heavy (non-hydrogen) atoms. The van der Waals surface area contributed by atoms with Crippen molar-refractivity contribution in [3.05, 3.63) is 52.5 Å². The van der Waals surface area contributed by atoms with Crippen molar-refractivity contribution in [1.82, 2.24) is 10.3 Å².